The zero-order valence-electron chi connectivity index (χ0n) is 12.0. The number of hydrogen-bond donors (Lipinski definition) is 2. The first kappa shape index (κ1) is 12.6. The van der Waals surface area contributed by atoms with E-state index in [-0.39, 0.29) is 5.54 Å². The van der Waals surface area contributed by atoms with Gasteiger partial charge in [0, 0.05) is 30.7 Å². The van der Waals surface area contributed by atoms with Crippen LogP contribution < -0.4 is 5.32 Å². The topological polar surface area (TPSA) is 35.5 Å². The number of likely N-dealkylation sites (tertiary alicyclic amines) is 1. The first-order valence-electron chi connectivity index (χ1n) is 8.41. The van der Waals surface area contributed by atoms with Crippen molar-refractivity contribution in [2.45, 2.75) is 69.0 Å². The lowest BCUT2D eigenvalue weighted by atomic mass is 9.98. The molecule has 4 aliphatic rings. The van der Waals surface area contributed by atoms with Crippen LogP contribution in [0.2, 0.25) is 0 Å². The second-order valence-electron chi connectivity index (χ2n) is 7.66. The van der Waals surface area contributed by atoms with E-state index in [0.717, 1.165) is 17.9 Å². The van der Waals surface area contributed by atoms with Gasteiger partial charge < -0.3 is 10.4 Å². The van der Waals surface area contributed by atoms with E-state index in [1.165, 1.54) is 64.5 Å². The van der Waals surface area contributed by atoms with E-state index in [1.54, 1.807) is 0 Å². The molecule has 0 aromatic carbocycles. The third-order valence-electron chi connectivity index (χ3n) is 6.24. The summed E-state index contributed by atoms with van der Waals surface area (Å²) in [6.45, 7) is 3.03. The van der Waals surface area contributed by atoms with Crippen molar-refractivity contribution in [3.8, 4) is 0 Å². The second kappa shape index (κ2) is 4.71. The van der Waals surface area contributed by atoms with Crippen molar-refractivity contribution in [1.82, 2.24) is 10.2 Å². The van der Waals surface area contributed by atoms with Crippen LogP contribution in [-0.4, -0.2) is 47.3 Å². The Morgan fingerprint density at radius 1 is 1.05 bits per heavy atom. The Morgan fingerprint density at radius 3 is 2.42 bits per heavy atom. The molecule has 3 heteroatoms. The summed E-state index contributed by atoms with van der Waals surface area (Å²) in [5.74, 6) is 2.00. The first-order chi connectivity index (χ1) is 9.28. The van der Waals surface area contributed by atoms with Crippen LogP contribution >= 0.6 is 0 Å². The average Bonchev–Trinajstić information content (AvgIpc) is 2.81. The second-order valence-corrected chi connectivity index (χ2v) is 7.66. The highest BCUT2D eigenvalue weighted by atomic mass is 16.3. The molecule has 0 radical (unpaired) electrons. The number of aliphatic hydroxyl groups is 1. The van der Waals surface area contributed by atoms with E-state index in [2.05, 4.69) is 10.2 Å². The highest BCUT2D eigenvalue weighted by molar-refractivity contribution is 5.04. The molecular weight excluding hydrogens is 236 g/mol. The lowest BCUT2D eigenvalue weighted by Gasteiger charge is -2.31. The monoisotopic (exact) mass is 264 g/mol. The summed E-state index contributed by atoms with van der Waals surface area (Å²) < 4.78 is 0. The maximum atomic E-state index is 9.83. The number of rotatable bonds is 4. The van der Waals surface area contributed by atoms with Gasteiger partial charge in [0.1, 0.15) is 0 Å². The third kappa shape index (κ3) is 2.34. The molecule has 108 valence electrons. The minimum atomic E-state index is 0.0591. The fraction of sp³-hybridized carbons (Fsp3) is 1.00. The van der Waals surface area contributed by atoms with Crippen LogP contribution in [-0.2, 0) is 0 Å². The van der Waals surface area contributed by atoms with Gasteiger partial charge in [-0.2, -0.15) is 0 Å². The Balaban J connectivity index is 1.38. The standard InChI is InChI=1S/C16H28N2O/c19-11-16(17-14-4-5-14)7-6-15(8-16)18-9-12-2-1-3-13(12)10-18/h12-15,17,19H,1-11H2. The van der Waals surface area contributed by atoms with Crippen molar-refractivity contribution < 1.29 is 5.11 Å². The highest BCUT2D eigenvalue weighted by Gasteiger charge is 2.46. The molecule has 0 spiro atoms. The molecule has 4 atom stereocenters. The Morgan fingerprint density at radius 2 is 1.79 bits per heavy atom. The minimum Gasteiger partial charge on any atom is -0.394 e. The Bertz CT molecular complexity index is 332. The van der Waals surface area contributed by atoms with Gasteiger partial charge in [-0.15, -0.1) is 0 Å². The molecule has 3 saturated carbocycles. The van der Waals surface area contributed by atoms with E-state index in [1.807, 2.05) is 0 Å². The molecule has 4 unspecified atom stereocenters. The van der Waals surface area contributed by atoms with Crippen molar-refractivity contribution in [3.05, 3.63) is 0 Å². The highest BCUT2D eigenvalue weighted by Crippen LogP contribution is 2.43. The molecule has 4 rings (SSSR count). The molecule has 4 fully saturated rings. The molecule has 1 saturated heterocycles. The van der Waals surface area contributed by atoms with Gasteiger partial charge in [0.25, 0.3) is 0 Å². The smallest absolute Gasteiger partial charge is 0.0614 e. The van der Waals surface area contributed by atoms with Crippen LogP contribution in [0.15, 0.2) is 0 Å². The summed E-state index contributed by atoms with van der Waals surface area (Å²) in [7, 11) is 0. The zero-order valence-corrected chi connectivity index (χ0v) is 12.0. The largest absolute Gasteiger partial charge is 0.394 e. The normalized spacial score (nSPS) is 46.9. The Kier molecular flexibility index (Phi) is 3.13. The predicted molar refractivity (Wildman–Crippen MR) is 76.0 cm³/mol. The van der Waals surface area contributed by atoms with Crippen molar-refractivity contribution in [1.29, 1.82) is 0 Å². The molecule has 0 bridgehead atoms. The molecule has 0 aromatic heterocycles. The summed E-state index contributed by atoms with van der Waals surface area (Å²) in [4.78, 5) is 2.76. The lowest BCUT2D eigenvalue weighted by Crippen LogP contribution is -2.49. The van der Waals surface area contributed by atoms with Crippen molar-refractivity contribution >= 4 is 0 Å². The molecule has 2 N–H and O–H groups in total. The first-order valence-corrected chi connectivity index (χ1v) is 8.41. The molecule has 3 aliphatic carbocycles. The molecule has 0 amide bonds. The van der Waals surface area contributed by atoms with Crippen LogP contribution in [0.25, 0.3) is 0 Å². The van der Waals surface area contributed by atoms with Gasteiger partial charge in [-0.05, 0) is 56.8 Å². The van der Waals surface area contributed by atoms with Gasteiger partial charge >= 0.3 is 0 Å². The third-order valence-corrected chi connectivity index (χ3v) is 6.24. The zero-order chi connectivity index (χ0) is 12.9. The fourth-order valence-electron chi connectivity index (χ4n) is 4.96. The van der Waals surface area contributed by atoms with Crippen molar-refractivity contribution in [3.63, 3.8) is 0 Å². The summed E-state index contributed by atoms with van der Waals surface area (Å²) >= 11 is 0. The fourth-order valence-corrected chi connectivity index (χ4v) is 4.96. The van der Waals surface area contributed by atoms with Gasteiger partial charge in [0.05, 0.1) is 6.61 Å². The summed E-state index contributed by atoms with van der Waals surface area (Å²) in [6, 6.07) is 1.45. The molecule has 3 nitrogen and oxygen atoms in total. The van der Waals surface area contributed by atoms with Crippen molar-refractivity contribution in [2.24, 2.45) is 11.8 Å². The Labute approximate surface area is 116 Å². The number of fused-ring (bicyclic) bond motifs is 1. The summed E-state index contributed by atoms with van der Waals surface area (Å²) in [5, 5.41) is 13.6. The molecule has 1 heterocycles. The van der Waals surface area contributed by atoms with E-state index in [9.17, 15) is 5.11 Å². The molecular formula is C16H28N2O. The van der Waals surface area contributed by atoms with E-state index in [0.29, 0.717) is 12.6 Å². The van der Waals surface area contributed by atoms with Crippen LogP contribution in [0.5, 0.6) is 0 Å². The van der Waals surface area contributed by atoms with Crippen molar-refractivity contribution in [2.75, 3.05) is 19.7 Å². The number of aliphatic hydroxyl groups excluding tert-OH is 1. The predicted octanol–water partition coefficient (Wildman–Crippen LogP) is 1.75. The lowest BCUT2D eigenvalue weighted by molar-refractivity contribution is 0.146. The van der Waals surface area contributed by atoms with Crippen LogP contribution in [0.3, 0.4) is 0 Å². The summed E-state index contributed by atoms with van der Waals surface area (Å²) in [6.07, 6.45) is 10.7. The maximum absolute atomic E-state index is 9.83. The molecule has 1 aliphatic heterocycles. The van der Waals surface area contributed by atoms with Gasteiger partial charge in [-0.3, -0.25) is 4.90 Å². The van der Waals surface area contributed by atoms with Crippen LogP contribution in [0, 0.1) is 11.8 Å². The Hall–Kier alpha value is -0.120. The average molecular weight is 264 g/mol. The van der Waals surface area contributed by atoms with E-state index in [4.69, 9.17) is 0 Å². The number of hydrogen-bond acceptors (Lipinski definition) is 3. The van der Waals surface area contributed by atoms with Gasteiger partial charge in [-0.1, -0.05) is 6.42 Å². The van der Waals surface area contributed by atoms with Gasteiger partial charge in [0.2, 0.25) is 0 Å². The molecule has 19 heavy (non-hydrogen) atoms. The number of nitrogens with zero attached hydrogens (tertiary/aromatic N) is 1. The van der Waals surface area contributed by atoms with E-state index >= 15 is 0 Å². The van der Waals surface area contributed by atoms with Gasteiger partial charge in [0.15, 0.2) is 0 Å². The SMILES string of the molecule is OCC1(NC2CC2)CCC(N2CC3CCCC3C2)C1. The van der Waals surface area contributed by atoms with Crippen LogP contribution in [0.4, 0.5) is 0 Å². The van der Waals surface area contributed by atoms with E-state index < -0.39 is 0 Å². The van der Waals surface area contributed by atoms with Gasteiger partial charge in [-0.25, -0.2) is 0 Å². The number of nitrogens with one attached hydrogen (secondary N) is 1. The minimum absolute atomic E-state index is 0.0591. The summed E-state index contributed by atoms with van der Waals surface area (Å²) in [5.41, 5.74) is 0.0591. The molecule has 0 aromatic rings. The maximum Gasteiger partial charge on any atom is 0.0614 e. The van der Waals surface area contributed by atoms with Crippen LogP contribution in [0.1, 0.15) is 51.4 Å². The quantitative estimate of drug-likeness (QED) is 0.812.